The molecule has 0 aliphatic rings. The zero-order valence-corrected chi connectivity index (χ0v) is 15.7. The Labute approximate surface area is 147 Å². The van der Waals surface area contributed by atoms with Gasteiger partial charge in [-0.2, -0.15) is 4.89 Å². The number of benzene rings is 1. The van der Waals surface area contributed by atoms with Gasteiger partial charge in [-0.15, -0.1) is 0 Å². The average Bonchev–Trinajstić information content (AvgIpc) is 2.59. The van der Waals surface area contributed by atoms with Crippen LogP contribution in [-0.2, 0) is 20.2 Å². The van der Waals surface area contributed by atoms with Crippen LogP contribution in [0.1, 0.15) is 90.5 Å². The standard InChI is InChI=1S/C21H34O3/c1-4-5-6-7-8-9-10-11-15-18-20(22)23-24-21(2,3)19-16-13-12-14-17-19/h12-14,16-17H,4-11,15,18H2,1-3H3. The van der Waals surface area contributed by atoms with Gasteiger partial charge in [0.25, 0.3) is 0 Å². The fraction of sp³-hybridized carbons (Fsp3) is 0.667. The second-order valence-electron chi connectivity index (χ2n) is 6.99. The summed E-state index contributed by atoms with van der Waals surface area (Å²) in [6.45, 7) is 6.03. The molecule has 0 atom stereocenters. The zero-order chi connectivity index (χ0) is 17.7. The molecule has 0 N–H and O–H groups in total. The Morgan fingerprint density at radius 2 is 1.42 bits per heavy atom. The van der Waals surface area contributed by atoms with Gasteiger partial charge in [0.2, 0.25) is 0 Å². The van der Waals surface area contributed by atoms with Crippen molar-refractivity contribution in [3.63, 3.8) is 0 Å². The zero-order valence-electron chi connectivity index (χ0n) is 15.7. The van der Waals surface area contributed by atoms with Gasteiger partial charge < -0.3 is 0 Å². The lowest BCUT2D eigenvalue weighted by atomic mass is 9.99. The van der Waals surface area contributed by atoms with E-state index in [-0.39, 0.29) is 5.97 Å². The molecule has 0 saturated carbocycles. The third kappa shape index (κ3) is 9.07. The van der Waals surface area contributed by atoms with Crippen LogP contribution in [0.5, 0.6) is 0 Å². The number of carbonyl (C=O) groups excluding carboxylic acids is 1. The highest BCUT2D eigenvalue weighted by Gasteiger charge is 2.24. The van der Waals surface area contributed by atoms with E-state index in [0.717, 1.165) is 18.4 Å². The van der Waals surface area contributed by atoms with Crippen molar-refractivity contribution in [2.24, 2.45) is 0 Å². The van der Waals surface area contributed by atoms with E-state index < -0.39 is 5.60 Å². The molecule has 0 heterocycles. The van der Waals surface area contributed by atoms with Gasteiger partial charge in [-0.05, 0) is 25.8 Å². The SMILES string of the molecule is CCCCCCCCCCCC(=O)OOC(C)(C)c1ccccc1. The lowest BCUT2D eigenvalue weighted by Crippen LogP contribution is -2.23. The second kappa shape index (κ2) is 12.1. The third-order valence-electron chi connectivity index (χ3n) is 4.30. The molecule has 0 saturated heterocycles. The van der Waals surface area contributed by atoms with Crippen LogP contribution < -0.4 is 0 Å². The Morgan fingerprint density at radius 1 is 0.875 bits per heavy atom. The van der Waals surface area contributed by atoms with Crippen molar-refractivity contribution in [3.8, 4) is 0 Å². The van der Waals surface area contributed by atoms with Crippen LogP contribution in [0.3, 0.4) is 0 Å². The third-order valence-corrected chi connectivity index (χ3v) is 4.30. The van der Waals surface area contributed by atoms with Crippen LogP contribution in [-0.4, -0.2) is 5.97 Å². The Kier molecular flexibility index (Phi) is 10.4. The van der Waals surface area contributed by atoms with Crippen LogP contribution >= 0.6 is 0 Å². The van der Waals surface area contributed by atoms with Crippen molar-refractivity contribution >= 4 is 5.97 Å². The van der Waals surface area contributed by atoms with E-state index in [1.807, 2.05) is 44.2 Å². The molecule has 136 valence electrons. The van der Waals surface area contributed by atoms with Gasteiger partial charge in [0.15, 0.2) is 0 Å². The van der Waals surface area contributed by atoms with Crippen molar-refractivity contribution in [2.75, 3.05) is 0 Å². The van der Waals surface area contributed by atoms with Crippen LogP contribution in [0.2, 0.25) is 0 Å². The molecule has 0 amide bonds. The largest absolute Gasteiger partial charge is 0.342 e. The van der Waals surface area contributed by atoms with Crippen LogP contribution in [0.4, 0.5) is 0 Å². The number of carbonyl (C=O) groups is 1. The van der Waals surface area contributed by atoms with E-state index in [4.69, 9.17) is 9.78 Å². The van der Waals surface area contributed by atoms with E-state index in [0.29, 0.717) is 6.42 Å². The van der Waals surface area contributed by atoms with Crippen molar-refractivity contribution in [1.29, 1.82) is 0 Å². The summed E-state index contributed by atoms with van der Waals surface area (Å²) < 4.78 is 0. The summed E-state index contributed by atoms with van der Waals surface area (Å²) in [4.78, 5) is 22.1. The van der Waals surface area contributed by atoms with E-state index >= 15 is 0 Å². The van der Waals surface area contributed by atoms with E-state index in [2.05, 4.69) is 6.92 Å². The summed E-state index contributed by atoms with van der Waals surface area (Å²) in [5.41, 5.74) is 0.357. The number of hydrogen-bond acceptors (Lipinski definition) is 3. The molecule has 0 aliphatic heterocycles. The van der Waals surface area contributed by atoms with E-state index in [1.54, 1.807) is 0 Å². The summed E-state index contributed by atoms with van der Waals surface area (Å²) in [6, 6.07) is 9.78. The van der Waals surface area contributed by atoms with E-state index in [1.165, 1.54) is 44.9 Å². The Hall–Kier alpha value is -1.35. The van der Waals surface area contributed by atoms with Crippen LogP contribution in [0.15, 0.2) is 30.3 Å². The first-order valence-corrected chi connectivity index (χ1v) is 9.50. The monoisotopic (exact) mass is 334 g/mol. The van der Waals surface area contributed by atoms with Gasteiger partial charge >= 0.3 is 5.97 Å². The minimum Gasteiger partial charge on any atom is -0.297 e. The molecule has 1 rings (SSSR count). The maximum Gasteiger partial charge on any atom is 0.342 e. The molecule has 0 fully saturated rings. The number of hydrogen-bond donors (Lipinski definition) is 0. The first-order valence-electron chi connectivity index (χ1n) is 9.50. The van der Waals surface area contributed by atoms with Gasteiger partial charge in [-0.3, -0.25) is 4.89 Å². The minimum absolute atomic E-state index is 0.276. The molecular formula is C21H34O3. The predicted octanol–water partition coefficient (Wildman–Crippen LogP) is 6.32. The van der Waals surface area contributed by atoms with Crippen LogP contribution in [0.25, 0.3) is 0 Å². The molecule has 0 bridgehead atoms. The fourth-order valence-corrected chi connectivity index (χ4v) is 2.66. The summed E-state index contributed by atoms with van der Waals surface area (Å²) in [7, 11) is 0. The fourth-order valence-electron chi connectivity index (χ4n) is 2.66. The lowest BCUT2D eigenvalue weighted by Gasteiger charge is -2.23. The lowest BCUT2D eigenvalue weighted by molar-refractivity contribution is -0.329. The van der Waals surface area contributed by atoms with Gasteiger partial charge in [0.1, 0.15) is 5.60 Å². The Morgan fingerprint density at radius 3 is 2.00 bits per heavy atom. The molecule has 24 heavy (non-hydrogen) atoms. The van der Waals surface area contributed by atoms with Gasteiger partial charge in [0.05, 0.1) is 0 Å². The first kappa shape index (κ1) is 20.7. The maximum absolute atomic E-state index is 11.8. The highest BCUT2D eigenvalue weighted by atomic mass is 17.2. The molecule has 3 nitrogen and oxygen atoms in total. The van der Waals surface area contributed by atoms with Gasteiger partial charge in [-0.1, -0.05) is 88.6 Å². The normalized spacial score (nSPS) is 11.5. The summed E-state index contributed by atoms with van der Waals surface area (Å²) in [5.74, 6) is -0.276. The molecule has 3 heteroatoms. The molecule has 0 spiro atoms. The van der Waals surface area contributed by atoms with Crippen LogP contribution in [0, 0.1) is 0 Å². The molecular weight excluding hydrogens is 300 g/mol. The van der Waals surface area contributed by atoms with Crippen molar-refractivity contribution in [3.05, 3.63) is 35.9 Å². The highest BCUT2D eigenvalue weighted by molar-refractivity contribution is 5.68. The topological polar surface area (TPSA) is 35.5 Å². The summed E-state index contributed by atoms with van der Waals surface area (Å²) >= 11 is 0. The smallest absolute Gasteiger partial charge is 0.297 e. The molecule has 0 radical (unpaired) electrons. The van der Waals surface area contributed by atoms with Gasteiger partial charge in [-0.25, -0.2) is 4.79 Å². The quantitative estimate of drug-likeness (QED) is 0.241. The van der Waals surface area contributed by atoms with E-state index in [9.17, 15) is 4.79 Å². The molecule has 1 aromatic carbocycles. The van der Waals surface area contributed by atoms with Gasteiger partial charge in [0, 0.05) is 6.42 Å². The summed E-state index contributed by atoms with van der Waals surface area (Å²) in [6.07, 6.45) is 11.5. The maximum atomic E-state index is 11.8. The molecule has 0 aromatic heterocycles. The molecule has 1 aromatic rings. The molecule has 0 aliphatic carbocycles. The summed E-state index contributed by atoms with van der Waals surface area (Å²) in [5, 5.41) is 0. The number of rotatable bonds is 13. The first-order chi connectivity index (χ1) is 11.6. The Bertz CT molecular complexity index is 440. The van der Waals surface area contributed by atoms with Crippen molar-refractivity contribution < 1.29 is 14.6 Å². The van der Waals surface area contributed by atoms with Crippen molar-refractivity contribution in [2.45, 2.75) is 90.6 Å². The number of unbranched alkanes of at least 4 members (excludes halogenated alkanes) is 8. The Balaban J connectivity index is 2.06. The van der Waals surface area contributed by atoms with Crippen molar-refractivity contribution in [1.82, 2.24) is 0 Å². The highest BCUT2D eigenvalue weighted by Crippen LogP contribution is 2.24. The second-order valence-corrected chi connectivity index (χ2v) is 6.99. The molecule has 0 unspecified atom stereocenters. The minimum atomic E-state index is -0.630. The average molecular weight is 334 g/mol. The predicted molar refractivity (Wildman–Crippen MR) is 98.5 cm³/mol.